The molecule has 0 spiro atoms. The molecule has 0 radical (unpaired) electrons. The van der Waals surface area contributed by atoms with E-state index in [-0.39, 0.29) is 0 Å². The first-order chi connectivity index (χ1) is 15.7. The Bertz CT molecular complexity index is 1180. The van der Waals surface area contributed by atoms with Crippen LogP contribution in [-0.4, -0.2) is 66.3 Å². The van der Waals surface area contributed by atoms with Crippen molar-refractivity contribution in [2.45, 2.75) is 19.4 Å². The van der Waals surface area contributed by atoms with E-state index in [0.717, 1.165) is 80.8 Å². The highest BCUT2D eigenvalue weighted by Gasteiger charge is 2.19. The normalized spacial score (nSPS) is 17.5. The molecule has 3 aromatic rings. The minimum atomic E-state index is 0.457. The Balaban J connectivity index is 1.37. The van der Waals surface area contributed by atoms with Crippen LogP contribution in [0.25, 0.3) is 10.9 Å². The second kappa shape index (κ2) is 9.11. The van der Waals surface area contributed by atoms with Crippen LogP contribution in [0, 0.1) is 16.7 Å². The molecule has 2 aliphatic rings. The van der Waals surface area contributed by atoms with Gasteiger partial charge in [-0.2, -0.15) is 5.10 Å². The number of hydrogen-bond acceptors (Lipinski definition) is 6. The second-order valence-electron chi connectivity index (χ2n) is 8.77. The zero-order valence-corrected chi connectivity index (χ0v) is 18.5. The SMILES string of the molecule is CN1CCN(Cc2cccc(C#Cc3n[nH]c4cc(N5CCCC5)c(N=O)cc34)c2)CC1. The number of hydrogen-bond donors (Lipinski definition) is 1. The number of anilines is 1. The molecule has 0 atom stereocenters. The molecule has 164 valence electrons. The van der Waals surface area contributed by atoms with Crippen LogP contribution in [-0.2, 0) is 6.54 Å². The molecule has 2 aromatic carbocycles. The van der Waals surface area contributed by atoms with Gasteiger partial charge in [0, 0.05) is 56.8 Å². The van der Waals surface area contributed by atoms with E-state index in [2.05, 4.69) is 67.2 Å². The van der Waals surface area contributed by atoms with Crippen molar-refractivity contribution in [1.29, 1.82) is 0 Å². The van der Waals surface area contributed by atoms with Crippen molar-refractivity contribution in [1.82, 2.24) is 20.0 Å². The van der Waals surface area contributed by atoms with Gasteiger partial charge in [0.15, 0.2) is 0 Å². The number of benzene rings is 2. The minimum absolute atomic E-state index is 0.457. The number of nitrogens with one attached hydrogen (secondary N) is 1. The fraction of sp³-hybridized carbons (Fsp3) is 0.400. The lowest BCUT2D eigenvalue weighted by Crippen LogP contribution is -2.43. The fourth-order valence-corrected chi connectivity index (χ4v) is 4.56. The third-order valence-corrected chi connectivity index (χ3v) is 6.46. The maximum absolute atomic E-state index is 11.5. The molecule has 5 rings (SSSR count). The number of rotatable bonds is 4. The summed E-state index contributed by atoms with van der Waals surface area (Å²) >= 11 is 0. The van der Waals surface area contributed by atoms with E-state index in [9.17, 15) is 4.91 Å². The molecule has 32 heavy (non-hydrogen) atoms. The van der Waals surface area contributed by atoms with E-state index < -0.39 is 0 Å². The maximum Gasteiger partial charge on any atom is 0.143 e. The number of H-pyrrole nitrogens is 1. The van der Waals surface area contributed by atoms with E-state index in [1.807, 2.05) is 18.2 Å². The first-order valence-electron chi connectivity index (χ1n) is 11.3. The van der Waals surface area contributed by atoms with Crippen molar-refractivity contribution in [3.8, 4) is 11.8 Å². The number of aromatic nitrogens is 2. The highest BCUT2D eigenvalue weighted by atomic mass is 16.3. The molecule has 2 fully saturated rings. The molecule has 7 nitrogen and oxygen atoms in total. The lowest BCUT2D eigenvalue weighted by atomic mass is 10.1. The van der Waals surface area contributed by atoms with Gasteiger partial charge in [0.25, 0.3) is 0 Å². The zero-order valence-electron chi connectivity index (χ0n) is 18.5. The van der Waals surface area contributed by atoms with Crippen LogP contribution in [0.4, 0.5) is 11.4 Å². The monoisotopic (exact) mass is 428 g/mol. The lowest BCUT2D eigenvalue weighted by Gasteiger charge is -2.32. The molecule has 1 aromatic heterocycles. The first kappa shape index (κ1) is 20.7. The van der Waals surface area contributed by atoms with E-state index in [4.69, 9.17) is 0 Å². The summed E-state index contributed by atoms with van der Waals surface area (Å²) in [5.74, 6) is 6.44. The van der Waals surface area contributed by atoms with E-state index in [1.54, 1.807) is 0 Å². The summed E-state index contributed by atoms with van der Waals surface area (Å²) in [5.41, 5.74) is 5.10. The summed E-state index contributed by atoms with van der Waals surface area (Å²) in [6.45, 7) is 7.28. The van der Waals surface area contributed by atoms with Gasteiger partial charge >= 0.3 is 0 Å². The van der Waals surface area contributed by atoms with Gasteiger partial charge in [-0.05, 0) is 60.8 Å². The molecular formula is C25H28N6O. The van der Waals surface area contributed by atoms with Crippen LogP contribution in [0.15, 0.2) is 41.6 Å². The van der Waals surface area contributed by atoms with Crippen LogP contribution in [0.3, 0.4) is 0 Å². The second-order valence-corrected chi connectivity index (χ2v) is 8.77. The number of likely N-dealkylation sites (N-methyl/N-ethyl adjacent to an activating group) is 1. The summed E-state index contributed by atoms with van der Waals surface area (Å²) in [4.78, 5) is 18.6. The average molecular weight is 429 g/mol. The Kier molecular flexibility index (Phi) is 5.89. The average Bonchev–Trinajstić information content (AvgIpc) is 3.48. The number of fused-ring (bicyclic) bond motifs is 1. The third-order valence-electron chi connectivity index (χ3n) is 6.46. The Morgan fingerprint density at radius 2 is 1.84 bits per heavy atom. The van der Waals surface area contributed by atoms with E-state index in [1.165, 1.54) is 5.56 Å². The fourth-order valence-electron chi connectivity index (χ4n) is 4.56. The van der Waals surface area contributed by atoms with Crippen molar-refractivity contribution in [3.63, 3.8) is 0 Å². The van der Waals surface area contributed by atoms with E-state index in [0.29, 0.717) is 11.4 Å². The van der Waals surface area contributed by atoms with E-state index >= 15 is 0 Å². The Labute approximate surface area is 188 Å². The van der Waals surface area contributed by atoms with Crippen LogP contribution in [0.1, 0.15) is 29.7 Å². The molecular weight excluding hydrogens is 400 g/mol. The zero-order chi connectivity index (χ0) is 21.9. The molecule has 0 unspecified atom stereocenters. The molecule has 0 amide bonds. The minimum Gasteiger partial charge on any atom is -0.370 e. The van der Waals surface area contributed by atoms with Gasteiger partial charge < -0.3 is 9.80 Å². The molecule has 0 aliphatic carbocycles. The van der Waals surface area contributed by atoms with Crippen LogP contribution in [0.5, 0.6) is 0 Å². The quantitative estimate of drug-likeness (QED) is 0.507. The molecule has 2 aliphatic heterocycles. The van der Waals surface area contributed by atoms with Crippen molar-refractivity contribution < 1.29 is 0 Å². The number of piperazine rings is 1. The summed E-state index contributed by atoms with van der Waals surface area (Å²) < 4.78 is 0. The first-order valence-corrected chi connectivity index (χ1v) is 11.3. The highest BCUT2D eigenvalue weighted by Crippen LogP contribution is 2.35. The third kappa shape index (κ3) is 4.38. The molecule has 1 N–H and O–H groups in total. The van der Waals surface area contributed by atoms with Crippen LogP contribution >= 0.6 is 0 Å². The standard InChI is InChI=1S/C25H28N6O/c1-29-11-13-30(14-12-29)18-20-6-4-5-19(15-20)7-8-22-21-16-24(28-32)25(17-23(21)27-26-22)31-9-2-3-10-31/h4-6,15-17H,2-3,9-14,18H2,1H3,(H,26,27). The van der Waals surface area contributed by atoms with Gasteiger partial charge in [-0.25, -0.2) is 0 Å². The van der Waals surface area contributed by atoms with Gasteiger partial charge in [-0.15, -0.1) is 4.91 Å². The van der Waals surface area contributed by atoms with Crippen molar-refractivity contribution in [3.05, 3.63) is 58.1 Å². The van der Waals surface area contributed by atoms with Gasteiger partial charge in [0.05, 0.1) is 11.2 Å². The molecule has 0 bridgehead atoms. The van der Waals surface area contributed by atoms with Gasteiger partial charge in [0.2, 0.25) is 0 Å². The predicted molar refractivity (Wildman–Crippen MR) is 128 cm³/mol. The van der Waals surface area contributed by atoms with Crippen molar-refractivity contribution in [2.75, 3.05) is 51.2 Å². The highest BCUT2D eigenvalue weighted by molar-refractivity contribution is 5.92. The summed E-state index contributed by atoms with van der Waals surface area (Å²) in [5, 5.41) is 11.6. The van der Waals surface area contributed by atoms with Crippen molar-refractivity contribution in [2.24, 2.45) is 5.18 Å². The summed E-state index contributed by atoms with van der Waals surface area (Å²) in [7, 11) is 2.17. The Morgan fingerprint density at radius 3 is 2.62 bits per heavy atom. The Morgan fingerprint density at radius 1 is 1.03 bits per heavy atom. The molecule has 0 saturated carbocycles. The predicted octanol–water partition coefficient (Wildman–Crippen LogP) is 3.71. The maximum atomic E-state index is 11.5. The molecule has 7 heteroatoms. The number of nitrogens with zero attached hydrogens (tertiary/aromatic N) is 5. The number of nitroso groups, excluding NO2 is 1. The van der Waals surface area contributed by atoms with Crippen LogP contribution in [0.2, 0.25) is 0 Å². The number of aromatic amines is 1. The largest absolute Gasteiger partial charge is 0.370 e. The molecule has 2 saturated heterocycles. The van der Waals surface area contributed by atoms with Crippen molar-refractivity contribution >= 4 is 22.3 Å². The van der Waals surface area contributed by atoms with Gasteiger partial charge in [-0.1, -0.05) is 18.1 Å². The summed E-state index contributed by atoms with van der Waals surface area (Å²) in [6.07, 6.45) is 2.29. The Hall–Kier alpha value is -3.21. The molecule has 3 heterocycles. The van der Waals surface area contributed by atoms with Gasteiger partial charge in [0.1, 0.15) is 11.4 Å². The topological polar surface area (TPSA) is 67.8 Å². The van der Waals surface area contributed by atoms with Crippen LogP contribution < -0.4 is 4.90 Å². The summed E-state index contributed by atoms with van der Waals surface area (Å²) in [6, 6.07) is 12.2. The van der Waals surface area contributed by atoms with Gasteiger partial charge in [-0.3, -0.25) is 10.00 Å². The smallest absolute Gasteiger partial charge is 0.143 e. The lowest BCUT2D eigenvalue weighted by molar-refractivity contribution is 0.148.